The summed E-state index contributed by atoms with van der Waals surface area (Å²) in [6, 6.07) is 8.04. The van der Waals surface area contributed by atoms with Crippen molar-refractivity contribution in [2.24, 2.45) is 23.7 Å². The van der Waals surface area contributed by atoms with Crippen molar-refractivity contribution in [1.29, 1.82) is 0 Å². The fraction of sp³-hybridized carbons (Fsp3) is 0.562. The van der Waals surface area contributed by atoms with Crippen molar-refractivity contribution in [3.8, 4) is 0 Å². The normalized spacial score (nSPS) is 47.6. The van der Waals surface area contributed by atoms with Crippen molar-refractivity contribution in [1.82, 2.24) is 0 Å². The molecular formula is C16H17NO3. The Bertz CT molecular complexity index is 598. The summed E-state index contributed by atoms with van der Waals surface area (Å²) in [5.41, 5.74) is 2.11. The third kappa shape index (κ3) is 1.10. The minimum atomic E-state index is -0.435. The molecule has 2 saturated heterocycles. The van der Waals surface area contributed by atoms with Gasteiger partial charge in [0.05, 0.1) is 18.1 Å². The average Bonchev–Trinajstić information content (AvgIpc) is 3.09. The topological polar surface area (TPSA) is 49.8 Å². The molecule has 2 aliphatic heterocycles. The van der Waals surface area contributed by atoms with E-state index in [2.05, 4.69) is 0 Å². The molecule has 1 aromatic carbocycles. The second-order valence-corrected chi connectivity index (χ2v) is 6.69. The lowest BCUT2D eigenvalue weighted by molar-refractivity contribution is -0.128. The Hall–Kier alpha value is -1.39. The number of carbonyl (C=O) groups excluding carboxylic acids is 1. The third-order valence-electron chi connectivity index (χ3n) is 5.83. The summed E-state index contributed by atoms with van der Waals surface area (Å²) in [6.07, 6.45) is 0.320. The van der Waals surface area contributed by atoms with E-state index in [0.29, 0.717) is 11.8 Å². The Morgan fingerprint density at radius 1 is 1.25 bits per heavy atom. The van der Waals surface area contributed by atoms with Gasteiger partial charge in [-0.05, 0) is 37.3 Å². The number of aryl methyl sites for hydroxylation is 1. The molecule has 5 rings (SSSR count). The summed E-state index contributed by atoms with van der Waals surface area (Å²) < 4.78 is 6.07. The van der Waals surface area contributed by atoms with Crippen LogP contribution in [0.5, 0.6) is 0 Å². The fourth-order valence-electron chi connectivity index (χ4n) is 5.04. The van der Waals surface area contributed by atoms with Crippen LogP contribution in [0.2, 0.25) is 0 Å². The van der Waals surface area contributed by atoms with Crippen LogP contribution in [-0.2, 0) is 9.53 Å². The molecule has 2 saturated carbocycles. The number of aliphatic hydroxyl groups is 1. The predicted octanol–water partition coefficient (Wildman–Crippen LogP) is 1.31. The lowest BCUT2D eigenvalue weighted by atomic mass is 9.80. The number of ether oxygens (including phenoxy) is 1. The smallest absolute Gasteiger partial charge is 0.233 e. The van der Waals surface area contributed by atoms with Crippen molar-refractivity contribution >= 4 is 11.6 Å². The van der Waals surface area contributed by atoms with E-state index < -0.39 is 6.10 Å². The van der Waals surface area contributed by atoms with E-state index in [9.17, 15) is 9.90 Å². The second kappa shape index (κ2) is 3.43. The molecule has 0 radical (unpaired) electrons. The third-order valence-corrected chi connectivity index (χ3v) is 5.83. The SMILES string of the molecule is Cc1ccc(N2C(=O)C3C4CC5C(OC2C53)C4O)cc1. The number of benzene rings is 1. The van der Waals surface area contributed by atoms with E-state index in [4.69, 9.17) is 4.74 Å². The molecule has 0 spiro atoms. The fourth-order valence-corrected chi connectivity index (χ4v) is 5.04. The van der Waals surface area contributed by atoms with E-state index in [0.717, 1.165) is 12.1 Å². The molecule has 0 aromatic heterocycles. The molecule has 4 fully saturated rings. The summed E-state index contributed by atoms with van der Waals surface area (Å²) in [5.74, 6) is 0.906. The molecule has 2 aliphatic carbocycles. The number of anilines is 1. The number of carbonyl (C=O) groups is 1. The summed E-state index contributed by atoms with van der Waals surface area (Å²) in [4.78, 5) is 14.6. The number of aliphatic hydroxyl groups excluding tert-OH is 1. The number of hydrogen-bond acceptors (Lipinski definition) is 3. The predicted molar refractivity (Wildman–Crippen MR) is 71.9 cm³/mol. The van der Waals surface area contributed by atoms with E-state index in [-0.39, 0.29) is 30.1 Å². The zero-order valence-corrected chi connectivity index (χ0v) is 11.3. The maximum Gasteiger partial charge on any atom is 0.233 e. The van der Waals surface area contributed by atoms with E-state index >= 15 is 0 Å². The van der Waals surface area contributed by atoms with Crippen LogP contribution in [0, 0.1) is 30.6 Å². The quantitative estimate of drug-likeness (QED) is 0.838. The van der Waals surface area contributed by atoms with Gasteiger partial charge in [-0.3, -0.25) is 9.69 Å². The first-order valence-electron chi connectivity index (χ1n) is 7.40. The van der Waals surface area contributed by atoms with Gasteiger partial charge in [-0.2, -0.15) is 0 Å². The second-order valence-electron chi connectivity index (χ2n) is 6.69. The standard InChI is InChI=1S/C16H17NO3/c1-7-2-4-8(5-3-7)17-15(19)11-9-6-10-12(11)16(17)20-14(10)13(9)18/h2-5,9-14,16,18H,6H2,1H3. The van der Waals surface area contributed by atoms with Gasteiger partial charge in [0.2, 0.25) is 5.91 Å². The molecule has 7 unspecified atom stereocenters. The molecule has 1 amide bonds. The number of rotatable bonds is 1. The van der Waals surface area contributed by atoms with Crippen molar-refractivity contribution in [2.75, 3.05) is 4.90 Å². The molecular weight excluding hydrogens is 254 g/mol. The van der Waals surface area contributed by atoms with Gasteiger partial charge in [0.1, 0.15) is 6.23 Å². The van der Waals surface area contributed by atoms with Crippen LogP contribution in [0.15, 0.2) is 24.3 Å². The molecule has 1 N–H and O–H groups in total. The van der Waals surface area contributed by atoms with Crippen molar-refractivity contribution < 1.29 is 14.6 Å². The van der Waals surface area contributed by atoms with Crippen LogP contribution in [0.3, 0.4) is 0 Å². The Morgan fingerprint density at radius 2 is 2.00 bits per heavy atom. The number of amides is 1. The van der Waals surface area contributed by atoms with Crippen LogP contribution in [0.4, 0.5) is 5.69 Å². The molecule has 20 heavy (non-hydrogen) atoms. The Labute approximate surface area is 117 Å². The Kier molecular flexibility index (Phi) is 1.94. The zero-order valence-electron chi connectivity index (χ0n) is 11.3. The van der Waals surface area contributed by atoms with E-state index in [1.54, 1.807) is 0 Å². The minimum Gasteiger partial charge on any atom is -0.390 e. The highest BCUT2D eigenvalue weighted by Gasteiger charge is 2.72. The molecule has 1 aromatic rings. The monoisotopic (exact) mass is 271 g/mol. The summed E-state index contributed by atoms with van der Waals surface area (Å²) in [6.45, 7) is 2.04. The number of nitrogens with zero attached hydrogens (tertiary/aromatic N) is 1. The molecule has 4 aliphatic rings. The highest BCUT2D eigenvalue weighted by molar-refractivity contribution is 5.99. The minimum absolute atomic E-state index is 0.0277. The number of fused-ring (bicyclic) bond motifs is 2. The van der Waals surface area contributed by atoms with Crippen LogP contribution < -0.4 is 4.90 Å². The van der Waals surface area contributed by atoms with E-state index in [1.807, 2.05) is 36.1 Å². The molecule has 104 valence electrons. The lowest BCUT2D eigenvalue weighted by Gasteiger charge is -2.30. The van der Waals surface area contributed by atoms with Crippen LogP contribution >= 0.6 is 0 Å². The highest BCUT2D eigenvalue weighted by atomic mass is 16.5. The van der Waals surface area contributed by atoms with Gasteiger partial charge < -0.3 is 9.84 Å². The van der Waals surface area contributed by atoms with Crippen molar-refractivity contribution in [2.45, 2.75) is 31.8 Å². The van der Waals surface area contributed by atoms with Crippen LogP contribution in [0.25, 0.3) is 0 Å². The van der Waals surface area contributed by atoms with Gasteiger partial charge in [0.15, 0.2) is 0 Å². The first kappa shape index (κ1) is 11.3. The van der Waals surface area contributed by atoms with Crippen molar-refractivity contribution in [3.05, 3.63) is 29.8 Å². The highest BCUT2D eigenvalue weighted by Crippen LogP contribution is 2.63. The maximum absolute atomic E-state index is 12.8. The lowest BCUT2D eigenvalue weighted by Crippen LogP contribution is -2.43. The summed E-state index contributed by atoms with van der Waals surface area (Å²) >= 11 is 0. The molecule has 2 heterocycles. The van der Waals surface area contributed by atoms with Gasteiger partial charge in [0, 0.05) is 11.6 Å². The maximum atomic E-state index is 12.8. The molecule has 4 nitrogen and oxygen atoms in total. The van der Waals surface area contributed by atoms with E-state index in [1.165, 1.54) is 5.56 Å². The van der Waals surface area contributed by atoms with Gasteiger partial charge in [-0.15, -0.1) is 0 Å². The molecule has 4 heteroatoms. The molecule has 2 bridgehead atoms. The van der Waals surface area contributed by atoms with Gasteiger partial charge in [0.25, 0.3) is 0 Å². The molecule has 7 atom stereocenters. The van der Waals surface area contributed by atoms with Crippen molar-refractivity contribution in [3.63, 3.8) is 0 Å². The Balaban J connectivity index is 1.59. The Morgan fingerprint density at radius 3 is 2.75 bits per heavy atom. The number of hydrogen-bond donors (Lipinski definition) is 1. The average molecular weight is 271 g/mol. The van der Waals surface area contributed by atoms with Crippen LogP contribution in [0.1, 0.15) is 12.0 Å². The zero-order chi connectivity index (χ0) is 13.6. The van der Waals surface area contributed by atoms with Crippen LogP contribution in [-0.4, -0.2) is 29.4 Å². The van der Waals surface area contributed by atoms with Gasteiger partial charge in [-0.25, -0.2) is 0 Å². The first-order chi connectivity index (χ1) is 9.66. The summed E-state index contributed by atoms with van der Waals surface area (Å²) in [5, 5.41) is 10.2. The van der Waals surface area contributed by atoms with Gasteiger partial charge in [-0.1, -0.05) is 17.7 Å². The first-order valence-corrected chi connectivity index (χ1v) is 7.40. The largest absolute Gasteiger partial charge is 0.390 e. The van der Waals surface area contributed by atoms with Gasteiger partial charge >= 0.3 is 0 Å². The summed E-state index contributed by atoms with van der Waals surface area (Å²) in [7, 11) is 0.